The number of rotatable bonds is 3. The fourth-order valence-corrected chi connectivity index (χ4v) is 7.49. The van der Waals surface area contributed by atoms with Crippen molar-refractivity contribution in [1.82, 2.24) is 20.4 Å². The van der Waals surface area contributed by atoms with Crippen molar-refractivity contribution >= 4 is 40.6 Å². The monoisotopic (exact) mass is 644 g/mol. The number of hydrogen-bond donors (Lipinski definition) is 3. The normalized spacial score (nSPS) is 30.2. The van der Waals surface area contributed by atoms with E-state index in [2.05, 4.69) is 10.6 Å². The molecule has 11 nitrogen and oxygen atoms in total. The lowest BCUT2D eigenvalue weighted by Crippen LogP contribution is -2.58. The Hall–Kier alpha value is -4.41. The van der Waals surface area contributed by atoms with Crippen LogP contribution >= 0.6 is 0 Å². The average Bonchev–Trinajstić information content (AvgIpc) is 3.37. The zero-order chi connectivity index (χ0) is 33.5. The van der Waals surface area contributed by atoms with Crippen molar-refractivity contribution in [2.45, 2.75) is 82.5 Å². The number of nitrogens with zero attached hydrogens (tertiary/aromatic N) is 2. The number of carboxylic acid groups (broad SMARTS) is 1. The van der Waals surface area contributed by atoms with E-state index in [0.29, 0.717) is 24.9 Å². The number of amides is 4. The maximum absolute atomic E-state index is 14.3. The fraction of sp³-hybridized carbons (Fsp3) is 0.528. The molecule has 11 heteroatoms. The molecule has 2 aromatic carbocycles. The number of benzene rings is 2. The molecule has 0 radical (unpaired) electrons. The van der Waals surface area contributed by atoms with Gasteiger partial charge >= 0.3 is 12.1 Å². The topological polar surface area (TPSA) is 145 Å². The molecule has 0 spiro atoms. The Labute approximate surface area is 274 Å². The third-order valence-electron chi connectivity index (χ3n) is 9.96. The molecular formula is C36H44N4O7. The standard InChI is InChI=1S/C36H44N4O7/c1-35(2,3)47-34(46)37-28-14-8-6-4-5-7-13-26-18-36(26,33(44)45)38-30(41)29-27-21-39(19-25(27)20-40(29)32(28)43)31(42)24-16-15-22-11-9-10-12-23(22)17-24/h7,9-13,15-17,25-29H,4-6,8,14,18-21H2,1-3H3,(H,37,46)(H,38,41)(H,44,45)/b13-7-/t25-,26+,27-,28+,29-,36+/m0/s1. The number of fused-ring (bicyclic) bond motifs is 5. The number of hydrogen-bond acceptors (Lipinski definition) is 6. The molecule has 3 heterocycles. The number of carboxylic acids is 1. The summed E-state index contributed by atoms with van der Waals surface area (Å²) in [5.41, 5.74) is -1.66. The van der Waals surface area contributed by atoms with E-state index in [1.807, 2.05) is 48.6 Å². The molecule has 2 aromatic rings. The zero-order valence-corrected chi connectivity index (χ0v) is 27.2. The smallest absolute Gasteiger partial charge is 0.408 e. The minimum atomic E-state index is -1.44. The molecule has 47 heavy (non-hydrogen) atoms. The van der Waals surface area contributed by atoms with Crippen LogP contribution in [0.5, 0.6) is 0 Å². The molecule has 3 aliphatic heterocycles. The van der Waals surface area contributed by atoms with Crippen LogP contribution in [0.15, 0.2) is 54.6 Å². The van der Waals surface area contributed by atoms with Crippen LogP contribution in [0.1, 0.15) is 69.7 Å². The predicted molar refractivity (Wildman–Crippen MR) is 174 cm³/mol. The van der Waals surface area contributed by atoms with Crippen molar-refractivity contribution in [1.29, 1.82) is 0 Å². The molecule has 3 fully saturated rings. The SMILES string of the molecule is CC(C)(C)OC(=O)N[C@@H]1CCCCC/C=C\[C@@H]2C[C@@]2(C(=O)O)NC(=O)[C@@H]2[C@H]3CN(C(=O)c4ccc5ccccc5c4)C[C@H]3CN2C1=O. The lowest BCUT2D eigenvalue weighted by molar-refractivity contribution is -0.146. The van der Waals surface area contributed by atoms with Gasteiger partial charge in [-0.2, -0.15) is 0 Å². The number of ether oxygens (including phenoxy) is 1. The lowest BCUT2D eigenvalue weighted by atomic mass is 9.93. The highest BCUT2D eigenvalue weighted by Gasteiger charge is 2.62. The fourth-order valence-electron chi connectivity index (χ4n) is 7.49. The van der Waals surface area contributed by atoms with Crippen LogP contribution < -0.4 is 10.6 Å². The van der Waals surface area contributed by atoms with Gasteiger partial charge in [0.05, 0.1) is 0 Å². The molecule has 6 atom stereocenters. The first-order valence-corrected chi connectivity index (χ1v) is 16.7. The maximum Gasteiger partial charge on any atom is 0.408 e. The minimum Gasteiger partial charge on any atom is -0.479 e. The van der Waals surface area contributed by atoms with Crippen molar-refractivity contribution in [2.75, 3.05) is 19.6 Å². The van der Waals surface area contributed by atoms with Crippen molar-refractivity contribution in [3.63, 3.8) is 0 Å². The number of nitrogens with one attached hydrogen (secondary N) is 2. The Morgan fingerprint density at radius 2 is 1.77 bits per heavy atom. The van der Waals surface area contributed by atoms with Gasteiger partial charge in [-0.05, 0) is 69.4 Å². The number of carbonyl (C=O) groups excluding carboxylic acids is 4. The van der Waals surface area contributed by atoms with E-state index >= 15 is 0 Å². The lowest BCUT2D eigenvalue weighted by Gasteiger charge is -2.33. The summed E-state index contributed by atoms with van der Waals surface area (Å²) in [7, 11) is 0. The Bertz CT molecular complexity index is 1620. The van der Waals surface area contributed by atoms with Crippen molar-refractivity contribution in [3.05, 3.63) is 60.2 Å². The van der Waals surface area contributed by atoms with Crippen LogP contribution in [0.4, 0.5) is 4.79 Å². The minimum absolute atomic E-state index is 0.153. The van der Waals surface area contributed by atoms with E-state index in [9.17, 15) is 29.1 Å². The molecule has 6 rings (SSSR count). The van der Waals surface area contributed by atoms with Gasteiger partial charge in [0.15, 0.2) is 0 Å². The van der Waals surface area contributed by atoms with Crippen molar-refractivity contribution < 1.29 is 33.8 Å². The molecule has 0 bridgehead atoms. The van der Waals surface area contributed by atoms with E-state index in [-0.39, 0.29) is 37.3 Å². The van der Waals surface area contributed by atoms with E-state index in [4.69, 9.17) is 4.74 Å². The van der Waals surface area contributed by atoms with Gasteiger partial charge in [0, 0.05) is 43.0 Å². The van der Waals surface area contributed by atoms with Gasteiger partial charge in [-0.15, -0.1) is 0 Å². The third-order valence-corrected chi connectivity index (χ3v) is 9.96. The van der Waals surface area contributed by atoms with Gasteiger partial charge < -0.3 is 30.3 Å². The summed E-state index contributed by atoms with van der Waals surface area (Å²) in [5.74, 6) is -3.15. The summed E-state index contributed by atoms with van der Waals surface area (Å²) in [6.07, 6.45) is 6.86. The Morgan fingerprint density at radius 3 is 2.51 bits per heavy atom. The molecule has 1 aliphatic carbocycles. The third kappa shape index (κ3) is 6.71. The number of alkyl carbamates (subject to hydrolysis) is 1. The average molecular weight is 645 g/mol. The largest absolute Gasteiger partial charge is 0.479 e. The summed E-state index contributed by atoms with van der Waals surface area (Å²) in [4.78, 5) is 70.7. The second-order valence-corrected chi connectivity index (χ2v) is 14.5. The van der Waals surface area contributed by atoms with Crippen LogP contribution in [-0.4, -0.2) is 87.5 Å². The van der Waals surface area contributed by atoms with E-state index in [1.165, 1.54) is 4.90 Å². The summed E-state index contributed by atoms with van der Waals surface area (Å²) in [5, 5.41) is 17.8. The first-order chi connectivity index (χ1) is 22.4. The Kier molecular flexibility index (Phi) is 8.76. The van der Waals surface area contributed by atoms with Gasteiger partial charge in [-0.1, -0.05) is 55.3 Å². The molecule has 4 aliphatic rings. The molecule has 3 N–H and O–H groups in total. The Morgan fingerprint density at radius 1 is 1.00 bits per heavy atom. The molecule has 4 amide bonds. The number of aliphatic carboxylic acids is 1. The molecule has 0 aromatic heterocycles. The zero-order valence-electron chi connectivity index (χ0n) is 27.2. The highest BCUT2D eigenvalue weighted by atomic mass is 16.6. The molecule has 250 valence electrons. The first-order valence-electron chi connectivity index (χ1n) is 16.7. The number of carbonyl (C=O) groups is 5. The maximum atomic E-state index is 14.3. The summed E-state index contributed by atoms with van der Waals surface area (Å²) in [6.45, 7) is 6.03. The molecule has 2 saturated heterocycles. The highest BCUT2D eigenvalue weighted by Crippen LogP contribution is 2.46. The molecular weight excluding hydrogens is 600 g/mol. The van der Waals surface area contributed by atoms with Crippen LogP contribution in [-0.2, 0) is 19.1 Å². The van der Waals surface area contributed by atoms with Crippen molar-refractivity contribution in [3.8, 4) is 0 Å². The predicted octanol–water partition coefficient (Wildman–Crippen LogP) is 4.11. The second-order valence-electron chi connectivity index (χ2n) is 14.5. The first kappa shape index (κ1) is 32.5. The van der Waals surface area contributed by atoms with Gasteiger partial charge in [-0.25, -0.2) is 9.59 Å². The van der Waals surface area contributed by atoms with Gasteiger partial charge in [-0.3, -0.25) is 14.4 Å². The van der Waals surface area contributed by atoms with Crippen LogP contribution in [0.2, 0.25) is 0 Å². The van der Waals surface area contributed by atoms with E-state index in [1.54, 1.807) is 31.7 Å². The number of allylic oxidation sites excluding steroid dienone is 1. The highest BCUT2D eigenvalue weighted by molar-refractivity contribution is 5.99. The Balaban J connectivity index is 1.28. The van der Waals surface area contributed by atoms with Gasteiger partial charge in [0.25, 0.3) is 5.91 Å². The summed E-state index contributed by atoms with van der Waals surface area (Å²) in [6, 6.07) is 11.5. The van der Waals surface area contributed by atoms with E-state index < -0.39 is 53.0 Å². The van der Waals surface area contributed by atoms with Gasteiger partial charge in [0.2, 0.25) is 11.8 Å². The molecule has 1 saturated carbocycles. The van der Waals surface area contributed by atoms with Crippen molar-refractivity contribution in [2.24, 2.45) is 17.8 Å². The van der Waals surface area contributed by atoms with Crippen LogP contribution in [0.3, 0.4) is 0 Å². The van der Waals surface area contributed by atoms with Gasteiger partial charge in [0.1, 0.15) is 23.2 Å². The summed E-state index contributed by atoms with van der Waals surface area (Å²) >= 11 is 0. The number of likely N-dealkylation sites (tertiary alicyclic amines) is 1. The van der Waals surface area contributed by atoms with Crippen LogP contribution in [0.25, 0.3) is 10.8 Å². The summed E-state index contributed by atoms with van der Waals surface area (Å²) < 4.78 is 5.47. The van der Waals surface area contributed by atoms with Crippen LogP contribution in [0, 0.1) is 17.8 Å². The second kappa shape index (κ2) is 12.7. The quantitative estimate of drug-likeness (QED) is 0.427. The van der Waals surface area contributed by atoms with E-state index in [0.717, 1.165) is 30.0 Å². The molecule has 0 unspecified atom stereocenters.